The summed E-state index contributed by atoms with van der Waals surface area (Å²) in [6.07, 6.45) is 5.61. The number of thiophene rings is 1. The van der Waals surface area contributed by atoms with Gasteiger partial charge in [0.25, 0.3) is 11.8 Å². The van der Waals surface area contributed by atoms with Crippen molar-refractivity contribution in [1.29, 1.82) is 5.26 Å². The van der Waals surface area contributed by atoms with Crippen molar-refractivity contribution < 1.29 is 14.3 Å². The fourth-order valence-electron chi connectivity index (χ4n) is 5.21. The number of amides is 2. The minimum atomic E-state index is -0.490. The zero-order chi connectivity index (χ0) is 28.9. The number of carbonyl (C=O) groups excluding carboxylic acids is 2. The van der Waals surface area contributed by atoms with E-state index in [2.05, 4.69) is 15.2 Å². The molecule has 0 spiro atoms. The second-order valence-electron chi connectivity index (χ2n) is 9.95. The van der Waals surface area contributed by atoms with Gasteiger partial charge in [0.1, 0.15) is 22.4 Å². The first kappa shape index (κ1) is 27.9. The molecule has 0 saturated heterocycles. The Morgan fingerprint density at radius 3 is 2.44 bits per heavy atom. The molecule has 0 radical (unpaired) electrons. The molecule has 1 aliphatic rings. The van der Waals surface area contributed by atoms with Crippen LogP contribution in [0.4, 0.5) is 11.4 Å². The van der Waals surface area contributed by atoms with Gasteiger partial charge in [-0.05, 0) is 106 Å². The van der Waals surface area contributed by atoms with Gasteiger partial charge in [-0.2, -0.15) is 5.26 Å². The predicted octanol–water partition coefficient (Wildman–Crippen LogP) is 7.23. The second kappa shape index (κ2) is 12.3. The Hall–Kier alpha value is -4.61. The quantitative estimate of drug-likeness (QED) is 0.174. The number of nitrogens with one attached hydrogen (secondary N) is 2. The highest BCUT2D eigenvalue weighted by Gasteiger charge is 2.28. The highest BCUT2D eigenvalue weighted by atomic mass is 32.1. The van der Waals surface area contributed by atoms with Crippen LogP contribution in [0.1, 0.15) is 57.5 Å². The molecule has 2 heterocycles. The molecular formula is C33H32N4O3S. The van der Waals surface area contributed by atoms with E-state index in [9.17, 15) is 14.9 Å². The molecule has 2 aromatic carbocycles. The normalized spacial score (nSPS) is 12.8. The molecule has 0 atom stereocenters. The van der Waals surface area contributed by atoms with Crippen LogP contribution in [0.3, 0.4) is 0 Å². The van der Waals surface area contributed by atoms with Gasteiger partial charge in [0.05, 0.1) is 12.2 Å². The van der Waals surface area contributed by atoms with Crippen molar-refractivity contribution in [3.05, 3.63) is 99.2 Å². The van der Waals surface area contributed by atoms with Gasteiger partial charge >= 0.3 is 0 Å². The van der Waals surface area contributed by atoms with E-state index in [1.165, 1.54) is 4.88 Å². The van der Waals surface area contributed by atoms with E-state index in [1.54, 1.807) is 41.7 Å². The van der Waals surface area contributed by atoms with Gasteiger partial charge < -0.3 is 19.9 Å². The molecule has 2 aromatic heterocycles. The third kappa shape index (κ3) is 5.96. The van der Waals surface area contributed by atoms with Gasteiger partial charge in [0.2, 0.25) is 0 Å². The number of anilines is 2. The third-order valence-electron chi connectivity index (χ3n) is 7.17. The Labute approximate surface area is 244 Å². The lowest BCUT2D eigenvalue weighted by Crippen LogP contribution is -2.17. The number of aromatic nitrogens is 1. The summed E-state index contributed by atoms with van der Waals surface area (Å²) in [5.41, 5.74) is 5.68. The van der Waals surface area contributed by atoms with Gasteiger partial charge in [0.15, 0.2) is 0 Å². The Kier molecular flexibility index (Phi) is 8.37. The number of para-hydroxylation sites is 1. The standard InChI is InChI=1S/C33H32N4O3S/c1-4-40-27-16-14-26(15-17-27)35-31(38)24(20-34)19-23-18-21(2)37(22(23)3)33-30(28-12-8-9-13-29(28)41-33)32(39)36-25-10-6-5-7-11-25/h5-7,10-11,14-19H,4,8-9,12-13H2,1-3H3,(H,35,38)(H,36,39)/b24-19-. The first-order valence-electron chi connectivity index (χ1n) is 13.8. The summed E-state index contributed by atoms with van der Waals surface area (Å²) < 4.78 is 7.53. The Bertz CT molecular complexity index is 1660. The predicted molar refractivity (Wildman–Crippen MR) is 164 cm³/mol. The number of rotatable bonds is 8. The smallest absolute Gasteiger partial charge is 0.266 e. The number of aryl methyl sites for hydroxylation is 2. The summed E-state index contributed by atoms with van der Waals surface area (Å²) in [6.45, 7) is 6.39. The van der Waals surface area contributed by atoms with Gasteiger partial charge in [-0.15, -0.1) is 11.3 Å². The van der Waals surface area contributed by atoms with Gasteiger partial charge in [-0.1, -0.05) is 18.2 Å². The highest BCUT2D eigenvalue weighted by molar-refractivity contribution is 7.15. The van der Waals surface area contributed by atoms with Gasteiger partial charge in [-0.25, -0.2) is 0 Å². The summed E-state index contributed by atoms with van der Waals surface area (Å²) in [5, 5.41) is 16.6. The molecule has 8 heteroatoms. The highest BCUT2D eigenvalue weighted by Crippen LogP contribution is 2.39. The van der Waals surface area contributed by atoms with E-state index in [0.29, 0.717) is 23.6 Å². The van der Waals surface area contributed by atoms with Crippen molar-refractivity contribution >= 4 is 40.6 Å². The average molecular weight is 565 g/mol. The Morgan fingerprint density at radius 2 is 1.73 bits per heavy atom. The molecule has 41 heavy (non-hydrogen) atoms. The van der Waals surface area contributed by atoms with E-state index in [4.69, 9.17) is 4.74 Å². The molecule has 2 N–H and O–H groups in total. The molecule has 7 nitrogen and oxygen atoms in total. The van der Waals surface area contributed by atoms with Crippen molar-refractivity contribution in [3.8, 4) is 16.8 Å². The van der Waals surface area contributed by atoms with E-state index in [-0.39, 0.29) is 11.5 Å². The van der Waals surface area contributed by atoms with Crippen molar-refractivity contribution in [1.82, 2.24) is 4.57 Å². The molecular weight excluding hydrogens is 532 g/mol. The number of hydrogen-bond acceptors (Lipinski definition) is 5. The maximum atomic E-state index is 13.7. The summed E-state index contributed by atoms with van der Waals surface area (Å²) in [4.78, 5) is 27.9. The molecule has 0 fully saturated rings. The zero-order valence-corrected chi connectivity index (χ0v) is 24.2. The van der Waals surface area contributed by atoms with E-state index >= 15 is 0 Å². The maximum absolute atomic E-state index is 13.7. The number of fused-ring (bicyclic) bond motifs is 1. The minimum Gasteiger partial charge on any atom is -0.494 e. The van der Waals surface area contributed by atoms with Crippen molar-refractivity contribution in [2.75, 3.05) is 17.2 Å². The molecule has 0 unspecified atom stereocenters. The van der Waals surface area contributed by atoms with Crippen molar-refractivity contribution in [2.24, 2.45) is 0 Å². The van der Waals surface area contributed by atoms with Crippen LogP contribution in [-0.2, 0) is 17.6 Å². The fourth-order valence-corrected chi connectivity index (χ4v) is 6.71. The summed E-state index contributed by atoms with van der Waals surface area (Å²) in [7, 11) is 0. The average Bonchev–Trinajstić information content (AvgIpc) is 3.48. The fraction of sp³-hybridized carbons (Fsp3) is 0.242. The first-order chi connectivity index (χ1) is 19.9. The number of nitrogens with zero attached hydrogens (tertiary/aromatic N) is 2. The lowest BCUT2D eigenvalue weighted by Gasteiger charge is -2.14. The number of hydrogen-bond donors (Lipinski definition) is 2. The number of ether oxygens (including phenoxy) is 1. The van der Waals surface area contributed by atoms with Crippen LogP contribution in [0, 0.1) is 25.2 Å². The molecule has 0 bridgehead atoms. The maximum Gasteiger partial charge on any atom is 0.266 e. The van der Waals surface area contributed by atoms with Crippen LogP contribution >= 0.6 is 11.3 Å². The van der Waals surface area contributed by atoms with Gasteiger partial charge in [-0.3, -0.25) is 9.59 Å². The van der Waals surface area contributed by atoms with E-state index in [1.807, 2.05) is 63.2 Å². The largest absolute Gasteiger partial charge is 0.494 e. The third-order valence-corrected chi connectivity index (χ3v) is 8.45. The molecule has 0 saturated carbocycles. The summed E-state index contributed by atoms with van der Waals surface area (Å²) >= 11 is 1.66. The van der Waals surface area contributed by atoms with Crippen molar-refractivity contribution in [2.45, 2.75) is 46.5 Å². The van der Waals surface area contributed by atoms with Crippen LogP contribution in [0.5, 0.6) is 5.75 Å². The molecule has 1 aliphatic carbocycles. The monoisotopic (exact) mass is 564 g/mol. The van der Waals surface area contributed by atoms with Crippen molar-refractivity contribution in [3.63, 3.8) is 0 Å². The number of carbonyl (C=O) groups is 2. The van der Waals surface area contributed by atoms with Crippen LogP contribution in [-0.4, -0.2) is 23.0 Å². The first-order valence-corrected chi connectivity index (χ1v) is 14.6. The van der Waals surface area contributed by atoms with Crippen LogP contribution in [0.15, 0.2) is 66.2 Å². The lowest BCUT2D eigenvalue weighted by molar-refractivity contribution is -0.112. The SMILES string of the molecule is CCOc1ccc(NC(=O)/C(C#N)=C\c2cc(C)n(-c3sc4c(c3C(=O)Nc3ccccc3)CCCC4)c2C)cc1. The van der Waals surface area contributed by atoms with Gasteiger partial charge in [0, 0.05) is 27.6 Å². The lowest BCUT2D eigenvalue weighted by atomic mass is 9.95. The Morgan fingerprint density at radius 1 is 1.02 bits per heavy atom. The van der Waals surface area contributed by atoms with Crippen LogP contribution in [0.2, 0.25) is 0 Å². The Balaban J connectivity index is 1.48. The molecule has 4 aromatic rings. The molecule has 208 valence electrons. The summed E-state index contributed by atoms with van der Waals surface area (Å²) in [6, 6.07) is 20.5. The van der Waals surface area contributed by atoms with E-state index in [0.717, 1.165) is 58.9 Å². The zero-order valence-electron chi connectivity index (χ0n) is 23.4. The number of benzene rings is 2. The molecule has 0 aliphatic heterocycles. The molecule has 5 rings (SSSR count). The van der Waals surface area contributed by atoms with Crippen LogP contribution < -0.4 is 15.4 Å². The molecule has 2 amide bonds. The minimum absolute atomic E-state index is 0.00773. The second-order valence-corrected chi connectivity index (χ2v) is 11.0. The number of nitriles is 1. The van der Waals surface area contributed by atoms with E-state index < -0.39 is 5.91 Å². The summed E-state index contributed by atoms with van der Waals surface area (Å²) in [5.74, 6) is 0.0969. The van der Waals surface area contributed by atoms with Crippen LogP contribution in [0.25, 0.3) is 11.1 Å². The topological polar surface area (TPSA) is 96.2 Å².